The first-order chi connectivity index (χ1) is 6.68. The first-order valence-electron chi connectivity index (χ1n) is 3.93. The van der Waals surface area contributed by atoms with Gasteiger partial charge >= 0.3 is 0 Å². The molecule has 0 spiro atoms. The third kappa shape index (κ3) is 1.72. The number of hydrogen-bond acceptors (Lipinski definition) is 2. The molecule has 0 fully saturated rings. The molecule has 0 aliphatic heterocycles. The molecule has 0 radical (unpaired) electrons. The summed E-state index contributed by atoms with van der Waals surface area (Å²) >= 11 is 8.06. The highest BCUT2D eigenvalue weighted by Crippen LogP contribution is 2.22. The Kier molecular flexibility index (Phi) is 2.64. The van der Waals surface area contributed by atoms with E-state index in [0.29, 0.717) is 10.8 Å². The summed E-state index contributed by atoms with van der Waals surface area (Å²) < 4.78 is 2.70. The van der Waals surface area contributed by atoms with E-state index in [0.717, 1.165) is 9.26 Å². The van der Waals surface area contributed by atoms with Gasteiger partial charge in [0.05, 0.1) is 11.9 Å². The van der Waals surface area contributed by atoms with E-state index < -0.39 is 0 Å². The average Bonchev–Trinajstić information content (AvgIpc) is 2.52. The van der Waals surface area contributed by atoms with Crippen molar-refractivity contribution >= 4 is 40.0 Å². The van der Waals surface area contributed by atoms with E-state index in [1.165, 1.54) is 0 Å². The van der Waals surface area contributed by atoms with Gasteiger partial charge in [-0.25, -0.2) is 4.68 Å². The Bertz CT molecular complexity index is 467. The predicted molar refractivity (Wildman–Crippen MR) is 65.7 cm³/mol. The molecule has 1 heterocycles. The topological polar surface area (TPSA) is 43.8 Å². The quantitative estimate of drug-likeness (QED) is 0.821. The van der Waals surface area contributed by atoms with Crippen LogP contribution in [0, 0.1) is 3.57 Å². The summed E-state index contributed by atoms with van der Waals surface area (Å²) in [5, 5.41) is 4.83. The molecule has 14 heavy (non-hydrogen) atoms. The fraction of sp³-hybridized carbons (Fsp3) is 0. The van der Waals surface area contributed by atoms with Gasteiger partial charge in [0.15, 0.2) is 0 Å². The third-order valence-electron chi connectivity index (χ3n) is 1.81. The van der Waals surface area contributed by atoms with Gasteiger partial charge in [0.2, 0.25) is 0 Å². The molecule has 1 aromatic heterocycles. The summed E-state index contributed by atoms with van der Waals surface area (Å²) in [4.78, 5) is 0. The largest absolute Gasteiger partial charge is 0.384 e. The van der Waals surface area contributed by atoms with Gasteiger partial charge in [0.25, 0.3) is 0 Å². The zero-order valence-electron chi connectivity index (χ0n) is 7.11. The number of hydrogen-bond donors (Lipinski definition) is 1. The maximum atomic E-state index is 5.85. The summed E-state index contributed by atoms with van der Waals surface area (Å²) in [6, 6.07) is 7.34. The van der Waals surface area contributed by atoms with Gasteiger partial charge in [0, 0.05) is 14.7 Å². The first kappa shape index (κ1) is 9.79. The molecule has 72 valence electrons. The van der Waals surface area contributed by atoms with Crippen molar-refractivity contribution in [2.45, 2.75) is 0 Å². The van der Waals surface area contributed by atoms with E-state index in [2.05, 4.69) is 27.7 Å². The second kappa shape index (κ2) is 3.78. The predicted octanol–water partition coefficient (Wildman–Crippen LogP) is 2.71. The zero-order valence-corrected chi connectivity index (χ0v) is 10.0. The molecule has 1 aromatic carbocycles. The second-order valence-electron chi connectivity index (χ2n) is 2.76. The van der Waals surface area contributed by atoms with Crippen molar-refractivity contribution < 1.29 is 0 Å². The lowest BCUT2D eigenvalue weighted by atomic mass is 10.3. The fourth-order valence-electron chi connectivity index (χ4n) is 1.17. The highest BCUT2D eigenvalue weighted by molar-refractivity contribution is 14.1. The Labute approximate surface area is 100 Å². The van der Waals surface area contributed by atoms with E-state index in [-0.39, 0.29) is 0 Å². The van der Waals surface area contributed by atoms with Crippen LogP contribution in [0.1, 0.15) is 0 Å². The van der Waals surface area contributed by atoms with Gasteiger partial charge in [-0.1, -0.05) is 11.6 Å². The summed E-state index contributed by atoms with van der Waals surface area (Å²) in [6.07, 6.45) is 1.67. The van der Waals surface area contributed by atoms with Crippen LogP contribution < -0.4 is 5.73 Å². The van der Waals surface area contributed by atoms with Gasteiger partial charge in [-0.3, -0.25) is 0 Å². The lowest BCUT2D eigenvalue weighted by Gasteiger charge is -2.06. The van der Waals surface area contributed by atoms with Crippen LogP contribution >= 0.6 is 34.2 Å². The Morgan fingerprint density at radius 1 is 1.36 bits per heavy atom. The standard InChI is InChI=1S/C9H7ClIN3/c10-6-1-2-8(7(11)5-6)14-9(12)3-4-13-14/h1-5H,12H2. The van der Waals surface area contributed by atoms with E-state index in [4.69, 9.17) is 17.3 Å². The molecule has 0 aliphatic carbocycles. The minimum Gasteiger partial charge on any atom is -0.384 e. The van der Waals surface area contributed by atoms with E-state index in [1.807, 2.05) is 18.2 Å². The Morgan fingerprint density at radius 3 is 2.71 bits per heavy atom. The normalized spacial score (nSPS) is 10.4. The molecule has 0 bridgehead atoms. The van der Waals surface area contributed by atoms with Crippen molar-refractivity contribution in [3.05, 3.63) is 39.1 Å². The van der Waals surface area contributed by atoms with Gasteiger partial charge in [-0.15, -0.1) is 0 Å². The van der Waals surface area contributed by atoms with E-state index in [9.17, 15) is 0 Å². The number of halogens is 2. The molecule has 0 saturated heterocycles. The Morgan fingerprint density at radius 2 is 2.14 bits per heavy atom. The molecule has 2 N–H and O–H groups in total. The summed E-state index contributed by atoms with van der Waals surface area (Å²) in [6.45, 7) is 0. The highest BCUT2D eigenvalue weighted by atomic mass is 127. The highest BCUT2D eigenvalue weighted by Gasteiger charge is 2.05. The van der Waals surface area contributed by atoms with Crippen LogP contribution in [-0.2, 0) is 0 Å². The van der Waals surface area contributed by atoms with Gasteiger partial charge in [-0.05, 0) is 40.8 Å². The molecule has 0 atom stereocenters. The van der Waals surface area contributed by atoms with E-state index in [1.54, 1.807) is 16.9 Å². The number of anilines is 1. The number of aromatic nitrogens is 2. The van der Waals surface area contributed by atoms with Gasteiger partial charge in [0.1, 0.15) is 5.82 Å². The van der Waals surface area contributed by atoms with Crippen molar-refractivity contribution in [3.63, 3.8) is 0 Å². The van der Waals surface area contributed by atoms with Gasteiger partial charge < -0.3 is 5.73 Å². The summed E-state index contributed by atoms with van der Waals surface area (Å²) in [5.74, 6) is 0.616. The van der Waals surface area contributed by atoms with Crippen molar-refractivity contribution in [1.29, 1.82) is 0 Å². The van der Waals surface area contributed by atoms with Crippen LogP contribution in [0.25, 0.3) is 5.69 Å². The number of nitrogen functional groups attached to an aromatic ring is 1. The molecular weight excluding hydrogens is 312 g/mol. The fourth-order valence-corrected chi connectivity index (χ4v) is 2.27. The zero-order chi connectivity index (χ0) is 10.1. The Hall–Kier alpha value is -0.750. The minimum absolute atomic E-state index is 0.616. The molecule has 5 heteroatoms. The molecule has 2 rings (SSSR count). The monoisotopic (exact) mass is 319 g/mol. The van der Waals surface area contributed by atoms with Crippen LogP contribution in [0.2, 0.25) is 5.02 Å². The lowest BCUT2D eigenvalue weighted by Crippen LogP contribution is -2.03. The van der Waals surface area contributed by atoms with E-state index >= 15 is 0 Å². The van der Waals surface area contributed by atoms with Crippen LogP contribution in [-0.4, -0.2) is 9.78 Å². The maximum absolute atomic E-state index is 5.85. The molecule has 2 aromatic rings. The molecule has 0 saturated carbocycles. The van der Waals surface area contributed by atoms with Crippen LogP contribution in [0.3, 0.4) is 0 Å². The number of nitrogens with two attached hydrogens (primary N) is 1. The minimum atomic E-state index is 0.616. The third-order valence-corrected chi connectivity index (χ3v) is 2.91. The summed E-state index contributed by atoms with van der Waals surface area (Å²) in [5.41, 5.74) is 6.69. The number of nitrogens with zero attached hydrogens (tertiary/aromatic N) is 2. The molecule has 3 nitrogen and oxygen atoms in total. The Balaban J connectivity index is 2.58. The maximum Gasteiger partial charge on any atom is 0.127 e. The molecule has 0 amide bonds. The molecule has 0 unspecified atom stereocenters. The van der Waals surface area contributed by atoms with Crippen LogP contribution in [0.5, 0.6) is 0 Å². The second-order valence-corrected chi connectivity index (χ2v) is 4.36. The van der Waals surface area contributed by atoms with Crippen molar-refractivity contribution in [1.82, 2.24) is 9.78 Å². The van der Waals surface area contributed by atoms with Crippen LogP contribution in [0.15, 0.2) is 30.5 Å². The molecular formula is C9H7ClIN3. The lowest BCUT2D eigenvalue weighted by molar-refractivity contribution is 0.886. The smallest absolute Gasteiger partial charge is 0.127 e. The van der Waals surface area contributed by atoms with Crippen molar-refractivity contribution in [2.24, 2.45) is 0 Å². The summed E-state index contributed by atoms with van der Waals surface area (Å²) in [7, 11) is 0. The van der Waals surface area contributed by atoms with Crippen molar-refractivity contribution in [3.8, 4) is 5.69 Å². The molecule has 0 aliphatic rings. The SMILES string of the molecule is Nc1ccnn1-c1ccc(Cl)cc1I. The number of rotatable bonds is 1. The first-order valence-corrected chi connectivity index (χ1v) is 5.39. The number of benzene rings is 1. The van der Waals surface area contributed by atoms with Gasteiger partial charge in [-0.2, -0.15) is 5.10 Å². The van der Waals surface area contributed by atoms with Crippen molar-refractivity contribution in [2.75, 3.05) is 5.73 Å². The van der Waals surface area contributed by atoms with Crippen LogP contribution in [0.4, 0.5) is 5.82 Å². The average molecular weight is 320 g/mol.